The average Bonchev–Trinajstić information content (AvgIpc) is 2.46. The number of hydrogen-bond acceptors (Lipinski definition) is 2. The highest BCUT2D eigenvalue weighted by Crippen LogP contribution is 2.10. The fourth-order valence-corrected chi connectivity index (χ4v) is 1.75. The molecule has 3 N–H and O–H groups in total. The smallest absolute Gasteiger partial charge is 0.248 e. The average molecular weight is 252 g/mol. The first kappa shape index (κ1) is 13.1. The molecule has 0 fully saturated rings. The topological polar surface area (TPSA) is 55.1 Å². The first-order valence-corrected chi connectivity index (χ1v) is 6.11. The van der Waals surface area contributed by atoms with E-state index in [0.29, 0.717) is 6.54 Å². The molecule has 3 nitrogen and oxygen atoms in total. The molecule has 0 bridgehead atoms. The Labute approximate surface area is 112 Å². The Morgan fingerprint density at radius 3 is 2.47 bits per heavy atom. The summed E-state index contributed by atoms with van der Waals surface area (Å²) in [5.41, 5.74) is 8.41. The number of benzene rings is 2. The summed E-state index contributed by atoms with van der Waals surface area (Å²) in [5.74, 6) is -0.155. The molecular formula is C16H16N2O. The van der Waals surface area contributed by atoms with Gasteiger partial charge in [-0.3, -0.25) is 4.79 Å². The molecule has 0 aromatic heterocycles. The van der Waals surface area contributed by atoms with Gasteiger partial charge in [0, 0.05) is 18.3 Å². The number of rotatable bonds is 4. The van der Waals surface area contributed by atoms with E-state index in [1.54, 1.807) is 6.08 Å². The summed E-state index contributed by atoms with van der Waals surface area (Å²) in [6, 6.07) is 17.1. The lowest BCUT2D eigenvalue weighted by atomic mass is 10.1. The van der Waals surface area contributed by atoms with Gasteiger partial charge in [0.05, 0.1) is 0 Å². The molecule has 0 aliphatic carbocycles. The maximum Gasteiger partial charge on any atom is 0.248 e. The lowest BCUT2D eigenvalue weighted by molar-refractivity contribution is -0.111. The van der Waals surface area contributed by atoms with E-state index in [4.69, 9.17) is 5.73 Å². The molecule has 0 radical (unpaired) electrons. The predicted molar refractivity (Wildman–Crippen MR) is 78.4 cm³/mol. The first-order chi connectivity index (χ1) is 9.29. The van der Waals surface area contributed by atoms with E-state index in [1.807, 2.05) is 54.6 Å². The van der Waals surface area contributed by atoms with Gasteiger partial charge in [-0.2, -0.15) is 0 Å². The van der Waals surface area contributed by atoms with Crippen LogP contribution in [-0.4, -0.2) is 5.91 Å². The van der Waals surface area contributed by atoms with Gasteiger partial charge < -0.3 is 11.1 Å². The number of amides is 1. The van der Waals surface area contributed by atoms with Gasteiger partial charge in [0.25, 0.3) is 0 Å². The van der Waals surface area contributed by atoms with Gasteiger partial charge in [0.15, 0.2) is 0 Å². The number of nitrogens with two attached hydrogens (primary N) is 1. The number of carbonyl (C=O) groups excluding carboxylic acids is 1. The van der Waals surface area contributed by atoms with Gasteiger partial charge in [-0.25, -0.2) is 0 Å². The summed E-state index contributed by atoms with van der Waals surface area (Å²) in [6.45, 7) is 0.459. The summed E-state index contributed by atoms with van der Waals surface area (Å²) in [4.78, 5) is 11.8. The second kappa shape index (κ2) is 6.52. The molecule has 0 atom stereocenters. The molecule has 0 saturated heterocycles. The molecule has 3 heteroatoms. The number of hydrogen-bond donors (Lipinski definition) is 2. The van der Waals surface area contributed by atoms with Gasteiger partial charge in [-0.05, 0) is 29.3 Å². The lowest BCUT2D eigenvalue weighted by Gasteiger charge is -2.03. The van der Waals surface area contributed by atoms with Crippen LogP contribution in [0.3, 0.4) is 0 Å². The van der Waals surface area contributed by atoms with Crippen LogP contribution in [0, 0.1) is 0 Å². The van der Waals surface area contributed by atoms with Crippen LogP contribution >= 0.6 is 0 Å². The fraction of sp³-hybridized carbons (Fsp3) is 0.0625. The third-order valence-corrected chi connectivity index (χ3v) is 2.73. The van der Waals surface area contributed by atoms with Crippen LogP contribution in [0.25, 0.3) is 6.08 Å². The molecular weight excluding hydrogens is 236 g/mol. The minimum absolute atomic E-state index is 0.155. The van der Waals surface area contributed by atoms with Gasteiger partial charge >= 0.3 is 0 Å². The largest absolute Gasteiger partial charge is 0.326 e. The van der Waals surface area contributed by atoms with Crippen molar-refractivity contribution in [2.24, 2.45) is 5.73 Å². The zero-order chi connectivity index (χ0) is 13.5. The minimum Gasteiger partial charge on any atom is -0.326 e. The van der Waals surface area contributed by atoms with Crippen molar-refractivity contribution in [3.05, 3.63) is 71.8 Å². The Kier molecular flexibility index (Phi) is 4.48. The third-order valence-electron chi connectivity index (χ3n) is 2.73. The van der Waals surface area contributed by atoms with E-state index >= 15 is 0 Å². The van der Waals surface area contributed by atoms with Crippen molar-refractivity contribution in [1.82, 2.24) is 0 Å². The van der Waals surface area contributed by atoms with Crippen LogP contribution in [0.4, 0.5) is 5.69 Å². The molecule has 0 saturated carbocycles. The Morgan fingerprint density at radius 2 is 1.74 bits per heavy atom. The third kappa shape index (κ3) is 3.79. The van der Waals surface area contributed by atoms with Crippen LogP contribution < -0.4 is 11.1 Å². The second-order valence-electron chi connectivity index (χ2n) is 4.09. The SMILES string of the molecule is NCc1ccccc1C=CC(=O)Nc1ccccc1. The van der Waals surface area contributed by atoms with Crippen molar-refractivity contribution in [3.63, 3.8) is 0 Å². The quantitative estimate of drug-likeness (QED) is 0.822. The number of para-hydroxylation sites is 1. The zero-order valence-electron chi connectivity index (χ0n) is 10.5. The van der Waals surface area contributed by atoms with Crippen LogP contribution in [0.5, 0.6) is 0 Å². The normalized spacial score (nSPS) is 10.6. The fourth-order valence-electron chi connectivity index (χ4n) is 1.75. The van der Waals surface area contributed by atoms with Crippen molar-refractivity contribution >= 4 is 17.7 Å². The zero-order valence-corrected chi connectivity index (χ0v) is 10.5. The summed E-state index contributed by atoms with van der Waals surface area (Å²) >= 11 is 0. The molecule has 2 rings (SSSR count). The van der Waals surface area contributed by atoms with E-state index in [0.717, 1.165) is 16.8 Å². The summed E-state index contributed by atoms with van der Waals surface area (Å²) < 4.78 is 0. The van der Waals surface area contributed by atoms with Gasteiger partial charge in [-0.1, -0.05) is 42.5 Å². The van der Waals surface area contributed by atoms with Gasteiger partial charge in [-0.15, -0.1) is 0 Å². The Bertz CT molecular complexity index is 576. The van der Waals surface area contributed by atoms with Crippen molar-refractivity contribution < 1.29 is 4.79 Å². The highest BCUT2D eigenvalue weighted by molar-refractivity contribution is 6.01. The Balaban J connectivity index is 2.04. The summed E-state index contributed by atoms with van der Waals surface area (Å²) in [5, 5.41) is 2.79. The molecule has 1 amide bonds. The lowest BCUT2D eigenvalue weighted by Crippen LogP contribution is -2.07. The van der Waals surface area contributed by atoms with E-state index in [9.17, 15) is 4.79 Å². The van der Waals surface area contributed by atoms with Crippen LogP contribution in [-0.2, 0) is 11.3 Å². The number of nitrogens with one attached hydrogen (secondary N) is 1. The summed E-state index contributed by atoms with van der Waals surface area (Å²) in [6.07, 6.45) is 3.29. The van der Waals surface area contributed by atoms with Crippen molar-refractivity contribution in [2.75, 3.05) is 5.32 Å². The van der Waals surface area contributed by atoms with Crippen LogP contribution in [0.2, 0.25) is 0 Å². The maximum atomic E-state index is 11.8. The van der Waals surface area contributed by atoms with E-state index in [1.165, 1.54) is 6.08 Å². The van der Waals surface area contributed by atoms with Gasteiger partial charge in [0.2, 0.25) is 5.91 Å². The van der Waals surface area contributed by atoms with Gasteiger partial charge in [0.1, 0.15) is 0 Å². The van der Waals surface area contributed by atoms with Crippen molar-refractivity contribution in [1.29, 1.82) is 0 Å². The maximum absolute atomic E-state index is 11.8. The molecule has 96 valence electrons. The predicted octanol–water partition coefficient (Wildman–Crippen LogP) is 2.80. The van der Waals surface area contributed by atoms with Crippen molar-refractivity contribution in [2.45, 2.75) is 6.54 Å². The number of anilines is 1. The van der Waals surface area contributed by atoms with Crippen LogP contribution in [0.15, 0.2) is 60.7 Å². The minimum atomic E-state index is -0.155. The van der Waals surface area contributed by atoms with E-state index < -0.39 is 0 Å². The molecule has 0 heterocycles. The highest BCUT2D eigenvalue weighted by Gasteiger charge is 1.98. The standard InChI is InChI=1S/C16H16N2O/c17-12-14-7-5-4-6-13(14)10-11-16(19)18-15-8-2-1-3-9-15/h1-11H,12,17H2,(H,18,19). The Morgan fingerprint density at radius 1 is 1.05 bits per heavy atom. The van der Waals surface area contributed by atoms with Crippen LogP contribution in [0.1, 0.15) is 11.1 Å². The monoisotopic (exact) mass is 252 g/mol. The summed E-state index contributed by atoms with van der Waals surface area (Å²) in [7, 11) is 0. The molecule has 19 heavy (non-hydrogen) atoms. The van der Waals surface area contributed by atoms with E-state index in [-0.39, 0.29) is 5.91 Å². The molecule has 0 unspecified atom stereocenters. The molecule has 2 aromatic rings. The molecule has 0 spiro atoms. The highest BCUT2D eigenvalue weighted by atomic mass is 16.1. The molecule has 0 aliphatic rings. The number of carbonyl (C=O) groups is 1. The Hall–Kier alpha value is -2.39. The first-order valence-electron chi connectivity index (χ1n) is 6.11. The van der Waals surface area contributed by atoms with Crippen molar-refractivity contribution in [3.8, 4) is 0 Å². The van der Waals surface area contributed by atoms with E-state index in [2.05, 4.69) is 5.32 Å². The second-order valence-corrected chi connectivity index (χ2v) is 4.09. The molecule has 2 aromatic carbocycles. The molecule has 0 aliphatic heterocycles.